The molecule has 1 heterocycles. The molecule has 3 nitrogen and oxygen atoms in total. The monoisotopic (exact) mass is 701 g/mol. The van der Waals surface area contributed by atoms with Crippen LogP contribution < -0.4 is 0 Å². The Morgan fingerprint density at radius 3 is 1.27 bits per heavy atom. The van der Waals surface area contributed by atoms with Gasteiger partial charge >= 0.3 is 0 Å². The molecule has 55 heavy (non-hydrogen) atoms. The zero-order valence-electron chi connectivity index (χ0n) is 30.0. The van der Waals surface area contributed by atoms with Crippen LogP contribution in [0, 0.1) is 0 Å². The lowest BCUT2D eigenvalue weighted by Crippen LogP contribution is -2.28. The lowest BCUT2D eigenvalue weighted by Gasteiger charge is -2.34. The fraction of sp³-hybridized carbons (Fsp3) is 0.0192. The van der Waals surface area contributed by atoms with E-state index in [0.717, 1.165) is 33.4 Å². The highest BCUT2D eigenvalue weighted by atomic mass is 15.0. The molecule has 0 saturated heterocycles. The molecule has 0 aliphatic heterocycles. The van der Waals surface area contributed by atoms with Gasteiger partial charge in [-0.05, 0) is 67.8 Å². The quantitative estimate of drug-likeness (QED) is 0.166. The molecular formula is C52H35N3. The lowest BCUT2D eigenvalue weighted by atomic mass is 9.67. The van der Waals surface area contributed by atoms with Gasteiger partial charge in [-0.1, -0.05) is 200 Å². The van der Waals surface area contributed by atoms with Crippen molar-refractivity contribution in [3.63, 3.8) is 0 Å². The van der Waals surface area contributed by atoms with Crippen LogP contribution in [0.3, 0.4) is 0 Å². The zero-order valence-corrected chi connectivity index (χ0v) is 30.0. The summed E-state index contributed by atoms with van der Waals surface area (Å²) in [6.07, 6.45) is 0. The maximum atomic E-state index is 5.24. The molecule has 3 heteroatoms. The Hall–Kier alpha value is -7.23. The van der Waals surface area contributed by atoms with Gasteiger partial charge in [0.1, 0.15) is 0 Å². The van der Waals surface area contributed by atoms with Crippen molar-refractivity contribution in [2.75, 3.05) is 0 Å². The van der Waals surface area contributed by atoms with Gasteiger partial charge in [-0.2, -0.15) is 0 Å². The van der Waals surface area contributed by atoms with Crippen molar-refractivity contribution in [1.29, 1.82) is 0 Å². The van der Waals surface area contributed by atoms with E-state index in [1.807, 2.05) is 12.1 Å². The predicted octanol–water partition coefficient (Wildman–Crippen LogP) is 12.6. The second-order valence-corrected chi connectivity index (χ2v) is 14.0. The molecule has 9 aromatic rings. The number of nitrogens with zero attached hydrogens (tertiary/aromatic N) is 3. The first-order chi connectivity index (χ1) is 27.3. The largest absolute Gasteiger partial charge is 0.208 e. The first-order valence-corrected chi connectivity index (χ1v) is 18.7. The van der Waals surface area contributed by atoms with E-state index >= 15 is 0 Å². The molecule has 0 spiro atoms. The van der Waals surface area contributed by atoms with Crippen LogP contribution in [0.1, 0.15) is 22.3 Å². The maximum Gasteiger partial charge on any atom is 0.164 e. The normalized spacial score (nSPS) is 12.5. The summed E-state index contributed by atoms with van der Waals surface area (Å²) in [7, 11) is 0. The molecule has 0 fully saturated rings. The van der Waals surface area contributed by atoms with Gasteiger partial charge < -0.3 is 0 Å². The van der Waals surface area contributed by atoms with Crippen LogP contribution in [0.4, 0.5) is 0 Å². The van der Waals surface area contributed by atoms with Gasteiger partial charge in [0.2, 0.25) is 0 Å². The van der Waals surface area contributed by atoms with Crippen molar-refractivity contribution in [1.82, 2.24) is 15.0 Å². The van der Waals surface area contributed by atoms with Gasteiger partial charge in [0, 0.05) is 16.7 Å². The molecule has 0 amide bonds. The summed E-state index contributed by atoms with van der Waals surface area (Å²) in [5.41, 5.74) is 14.2. The minimum absolute atomic E-state index is 0.527. The standard InChI is InChI=1S/C52H35N3/c1-5-16-36(17-6-1)38-28-30-39(31-29-38)49-53-50(41-21-15-20-40(34-41)37-18-7-2-8-19-37)55-51(54-49)42-32-33-46-45-26-13-14-27-47(45)52(48(46)35-42,43-22-9-3-10-23-43)44-24-11-4-12-25-44/h1-35H. The summed E-state index contributed by atoms with van der Waals surface area (Å²) in [5, 5.41) is 0. The van der Waals surface area contributed by atoms with Crippen LogP contribution in [0.5, 0.6) is 0 Å². The first kappa shape index (κ1) is 32.4. The summed E-state index contributed by atoms with van der Waals surface area (Å²) in [6.45, 7) is 0. The summed E-state index contributed by atoms with van der Waals surface area (Å²) in [4.78, 5) is 15.6. The molecule has 8 aromatic carbocycles. The Morgan fingerprint density at radius 1 is 0.255 bits per heavy atom. The molecule has 0 bridgehead atoms. The Bertz CT molecular complexity index is 2740. The van der Waals surface area contributed by atoms with Gasteiger partial charge in [-0.15, -0.1) is 0 Å². The van der Waals surface area contributed by atoms with E-state index in [0.29, 0.717) is 17.5 Å². The molecule has 1 aliphatic carbocycles. The number of hydrogen-bond acceptors (Lipinski definition) is 3. The minimum atomic E-state index is -0.527. The molecule has 0 saturated carbocycles. The van der Waals surface area contributed by atoms with Crippen molar-refractivity contribution < 1.29 is 0 Å². The third kappa shape index (κ3) is 5.65. The third-order valence-corrected chi connectivity index (χ3v) is 10.8. The predicted molar refractivity (Wildman–Crippen MR) is 224 cm³/mol. The van der Waals surface area contributed by atoms with E-state index in [2.05, 4.69) is 200 Å². The van der Waals surface area contributed by atoms with E-state index in [9.17, 15) is 0 Å². The highest BCUT2D eigenvalue weighted by Gasteiger charge is 2.46. The maximum absolute atomic E-state index is 5.24. The van der Waals surface area contributed by atoms with Crippen molar-refractivity contribution >= 4 is 0 Å². The molecule has 0 radical (unpaired) electrons. The summed E-state index contributed by atoms with van der Waals surface area (Å²) in [5.74, 6) is 1.89. The minimum Gasteiger partial charge on any atom is -0.208 e. The van der Waals surface area contributed by atoms with Gasteiger partial charge in [0.25, 0.3) is 0 Å². The smallest absolute Gasteiger partial charge is 0.164 e. The van der Waals surface area contributed by atoms with Crippen LogP contribution in [0.15, 0.2) is 212 Å². The Kier molecular flexibility index (Phi) is 8.04. The van der Waals surface area contributed by atoms with E-state index < -0.39 is 5.41 Å². The van der Waals surface area contributed by atoms with E-state index in [1.54, 1.807) is 0 Å². The lowest BCUT2D eigenvalue weighted by molar-refractivity contribution is 0.768. The van der Waals surface area contributed by atoms with Crippen LogP contribution in [0.2, 0.25) is 0 Å². The van der Waals surface area contributed by atoms with Crippen molar-refractivity contribution in [3.8, 4) is 67.5 Å². The van der Waals surface area contributed by atoms with Crippen LogP contribution in [-0.4, -0.2) is 15.0 Å². The molecule has 0 atom stereocenters. The van der Waals surface area contributed by atoms with Crippen LogP contribution >= 0.6 is 0 Å². The number of fused-ring (bicyclic) bond motifs is 3. The Morgan fingerprint density at radius 2 is 0.655 bits per heavy atom. The molecule has 0 unspecified atom stereocenters. The number of benzene rings is 8. The van der Waals surface area contributed by atoms with Crippen molar-refractivity contribution in [2.45, 2.75) is 5.41 Å². The third-order valence-electron chi connectivity index (χ3n) is 10.8. The summed E-state index contributed by atoms with van der Waals surface area (Å²) in [6, 6.07) is 75.2. The fourth-order valence-electron chi connectivity index (χ4n) is 8.26. The van der Waals surface area contributed by atoms with Crippen LogP contribution in [-0.2, 0) is 5.41 Å². The number of aromatic nitrogens is 3. The van der Waals surface area contributed by atoms with Crippen LogP contribution in [0.25, 0.3) is 67.5 Å². The molecule has 10 rings (SSSR count). The highest BCUT2D eigenvalue weighted by molar-refractivity contribution is 5.88. The fourth-order valence-corrected chi connectivity index (χ4v) is 8.26. The van der Waals surface area contributed by atoms with Gasteiger partial charge in [0.05, 0.1) is 5.41 Å². The van der Waals surface area contributed by atoms with Gasteiger partial charge in [-0.3, -0.25) is 0 Å². The molecule has 258 valence electrons. The Labute approximate surface area is 321 Å². The van der Waals surface area contributed by atoms with E-state index in [4.69, 9.17) is 15.0 Å². The number of hydrogen-bond donors (Lipinski definition) is 0. The second-order valence-electron chi connectivity index (χ2n) is 14.0. The van der Waals surface area contributed by atoms with E-state index in [1.165, 1.54) is 38.9 Å². The Balaban J connectivity index is 1.18. The average molecular weight is 702 g/mol. The topological polar surface area (TPSA) is 38.7 Å². The zero-order chi connectivity index (χ0) is 36.6. The SMILES string of the molecule is c1ccc(-c2ccc(-c3nc(-c4cccc(-c5ccccc5)c4)nc(-c4ccc5c(c4)C(c4ccccc4)(c4ccccc4)c4ccccc4-5)n3)cc2)cc1. The van der Waals surface area contributed by atoms with Crippen molar-refractivity contribution in [2.24, 2.45) is 0 Å². The van der Waals surface area contributed by atoms with Crippen molar-refractivity contribution in [3.05, 3.63) is 235 Å². The second kappa shape index (κ2) is 13.6. The van der Waals surface area contributed by atoms with E-state index in [-0.39, 0.29) is 0 Å². The average Bonchev–Trinajstić information content (AvgIpc) is 3.58. The highest BCUT2D eigenvalue weighted by Crippen LogP contribution is 2.56. The van der Waals surface area contributed by atoms with Gasteiger partial charge in [-0.25, -0.2) is 15.0 Å². The number of rotatable bonds is 7. The summed E-state index contributed by atoms with van der Waals surface area (Å²) >= 11 is 0. The molecule has 1 aromatic heterocycles. The molecule has 0 N–H and O–H groups in total. The molecular weight excluding hydrogens is 667 g/mol. The molecule has 1 aliphatic rings. The first-order valence-electron chi connectivity index (χ1n) is 18.7. The van der Waals surface area contributed by atoms with Gasteiger partial charge in [0.15, 0.2) is 17.5 Å². The summed E-state index contributed by atoms with van der Waals surface area (Å²) < 4.78 is 0.